The molecular formula is C20H27ClN6O. The summed E-state index contributed by atoms with van der Waals surface area (Å²) in [5, 5.41) is 16.9. The normalized spacial score (nSPS) is 12.8. The first-order valence-corrected chi connectivity index (χ1v) is 9.82. The van der Waals surface area contributed by atoms with Crippen molar-refractivity contribution in [2.75, 3.05) is 17.2 Å². The predicted octanol–water partition coefficient (Wildman–Crippen LogP) is 4.54. The first kappa shape index (κ1) is 20.4. The highest BCUT2D eigenvalue weighted by Gasteiger charge is 2.18. The summed E-state index contributed by atoms with van der Waals surface area (Å²) in [7, 11) is 0. The van der Waals surface area contributed by atoms with Crippen LogP contribution < -0.4 is 10.6 Å². The molecular weight excluding hydrogens is 376 g/mol. The van der Waals surface area contributed by atoms with Crippen molar-refractivity contribution in [1.29, 1.82) is 0 Å². The van der Waals surface area contributed by atoms with E-state index in [0.29, 0.717) is 22.3 Å². The maximum absolute atomic E-state index is 9.67. The second kappa shape index (κ2) is 8.32. The van der Waals surface area contributed by atoms with Gasteiger partial charge in [0.15, 0.2) is 17.0 Å². The monoisotopic (exact) mass is 402 g/mol. The fraction of sp³-hybridized carbons (Fsp3) is 0.450. The fourth-order valence-corrected chi connectivity index (χ4v) is 3.27. The van der Waals surface area contributed by atoms with E-state index in [4.69, 9.17) is 11.6 Å². The number of nitrogens with one attached hydrogen (secondary N) is 2. The number of fused-ring (bicyclic) bond motifs is 1. The first-order chi connectivity index (χ1) is 13.3. The standard InChI is InChI=1S/C20H27ClN6O/c1-11(2)16(9-28)24-20-25-18(23-15-7-13(5)6-14(21)8-15)17-19(26-20)27(10-22-17)12(3)4/h6-8,10-12,16,28H,9H2,1-5H3,(H2,23,24,25,26). The van der Waals surface area contributed by atoms with Crippen LogP contribution in [0.2, 0.25) is 5.02 Å². The van der Waals surface area contributed by atoms with Crippen molar-refractivity contribution < 1.29 is 5.11 Å². The van der Waals surface area contributed by atoms with E-state index in [1.165, 1.54) is 0 Å². The third-order valence-electron chi connectivity index (χ3n) is 4.60. The molecule has 0 spiro atoms. The number of rotatable bonds is 7. The highest BCUT2D eigenvalue weighted by molar-refractivity contribution is 6.31. The van der Waals surface area contributed by atoms with Gasteiger partial charge in [0.1, 0.15) is 0 Å². The van der Waals surface area contributed by atoms with Gasteiger partial charge in [-0.2, -0.15) is 9.97 Å². The predicted molar refractivity (Wildman–Crippen MR) is 115 cm³/mol. The average Bonchev–Trinajstić information content (AvgIpc) is 3.03. The van der Waals surface area contributed by atoms with E-state index in [-0.39, 0.29) is 24.6 Å². The molecule has 2 heterocycles. The van der Waals surface area contributed by atoms with Crippen molar-refractivity contribution in [3.63, 3.8) is 0 Å². The lowest BCUT2D eigenvalue weighted by Crippen LogP contribution is -2.30. The summed E-state index contributed by atoms with van der Waals surface area (Å²) in [4.78, 5) is 13.8. The van der Waals surface area contributed by atoms with E-state index in [0.717, 1.165) is 16.9 Å². The summed E-state index contributed by atoms with van der Waals surface area (Å²) in [5.74, 6) is 1.27. The molecule has 3 N–H and O–H groups in total. The number of aromatic nitrogens is 4. The van der Waals surface area contributed by atoms with Gasteiger partial charge in [-0.3, -0.25) is 0 Å². The summed E-state index contributed by atoms with van der Waals surface area (Å²) in [6.45, 7) is 10.2. The summed E-state index contributed by atoms with van der Waals surface area (Å²) in [5.41, 5.74) is 3.29. The molecule has 1 aromatic carbocycles. The average molecular weight is 403 g/mol. The van der Waals surface area contributed by atoms with E-state index in [2.05, 4.69) is 39.4 Å². The molecule has 0 saturated carbocycles. The van der Waals surface area contributed by atoms with E-state index in [1.54, 1.807) is 6.33 Å². The van der Waals surface area contributed by atoms with Gasteiger partial charge in [-0.25, -0.2) is 4.98 Å². The molecule has 0 bridgehead atoms. The molecule has 2 aromatic heterocycles. The highest BCUT2D eigenvalue weighted by atomic mass is 35.5. The highest BCUT2D eigenvalue weighted by Crippen LogP contribution is 2.28. The first-order valence-electron chi connectivity index (χ1n) is 9.44. The molecule has 0 aliphatic heterocycles. The number of anilines is 3. The molecule has 8 heteroatoms. The smallest absolute Gasteiger partial charge is 0.227 e. The molecule has 28 heavy (non-hydrogen) atoms. The van der Waals surface area contributed by atoms with Crippen LogP contribution in [0.5, 0.6) is 0 Å². The zero-order valence-corrected chi connectivity index (χ0v) is 17.6. The summed E-state index contributed by atoms with van der Waals surface area (Å²) in [6, 6.07) is 5.80. The SMILES string of the molecule is Cc1cc(Cl)cc(Nc2nc(NC(CO)C(C)C)nc3c2ncn3C(C)C)c1. The fourth-order valence-electron chi connectivity index (χ4n) is 2.98. The Morgan fingerprint density at radius 3 is 2.50 bits per heavy atom. The molecule has 0 radical (unpaired) electrons. The van der Waals surface area contributed by atoms with Crippen molar-refractivity contribution >= 4 is 40.2 Å². The summed E-state index contributed by atoms with van der Waals surface area (Å²) < 4.78 is 2.00. The Kier molecular flexibility index (Phi) is 6.05. The van der Waals surface area contributed by atoms with Crippen LogP contribution in [-0.4, -0.2) is 37.3 Å². The molecule has 0 saturated heterocycles. The van der Waals surface area contributed by atoms with Crippen molar-refractivity contribution in [1.82, 2.24) is 19.5 Å². The number of aliphatic hydroxyl groups excluding tert-OH is 1. The molecule has 0 amide bonds. The zero-order chi connectivity index (χ0) is 20.4. The van der Waals surface area contributed by atoms with Crippen LogP contribution in [-0.2, 0) is 0 Å². The Bertz CT molecular complexity index is 948. The lowest BCUT2D eigenvalue weighted by Gasteiger charge is -2.20. The van der Waals surface area contributed by atoms with Crippen LogP contribution >= 0.6 is 11.6 Å². The maximum atomic E-state index is 9.67. The van der Waals surface area contributed by atoms with Gasteiger partial charge in [0, 0.05) is 16.8 Å². The molecule has 150 valence electrons. The van der Waals surface area contributed by atoms with Gasteiger partial charge >= 0.3 is 0 Å². The van der Waals surface area contributed by atoms with Crippen LogP contribution in [0.25, 0.3) is 11.2 Å². The molecule has 1 unspecified atom stereocenters. The van der Waals surface area contributed by atoms with Crippen LogP contribution in [0.3, 0.4) is 0 Å². The maximum Gasteiger partial charge on any atom is 0.227 e. The van der Waals surface area contributed by atoms with Gasteiger partial charge in [-0.1, -0.05) is 25.4 Å². The Balaban J connectivity index is 2.08. The van der Waals surface area contributed by atoms with Crippen molar-refractivity contribution in [2.45, 2.75) is 46.7 Å². The van der Waals surface area contributed by atoms with Crippen LogP contribution in [0.1, 0.15) is 39.3 Å². The Hall–Kier alpha value is -2.38. The number of benzene rings is 1. The van der Waals surface area contributed by atoms with Gasteiger partial charge in [-0.15, -0.1) is 0 Å². The Labute approximate surface area is 170 Å². The molecule has 3 aromatic rings. The number of halogens is 1. The number of imidazole rings is 1. The van der Waals surface area contributed by atoms with Gasteiger partial charge in [-0.05, 0) is 50.5 Å². The van der Waals surface area contributed by atoms with Gasteiger partial charge < -0.3 is 20.3 Å². The van der Waals surface area contributed by atoms with Crippen LogP contribution in [0.4, 0.5) is 17.5 Å². The largest absolute Gasteiger partial charge is 0.394 e. The lowest BCUT2D eigenvalue weighted by molar-refractivity contribution is 0.248. The minimum atomic E-state index is -0.144. The number of hydrogen-bond acceptors (Lipinski definition) is 6. The molecule has 3 rings (SSSR count). The van der Waals surface area contributed by atoms with E-state index in [1.807, 2.05) is 43.5 Å². The summed E-state index contributed by atoms with van der Waals surface area (Å²) >= 11 is 6.20. The third kappa shape index (κ3) is 4.36. The Morgan fingerprint density at radius 1 is 1.14 bits per heavy atom. The minimum Gasteiger partial charge on any atom is -0.394 e. The second-order valence-electron chi connectivity index (χ2n) is 7.63. The number of aliphatic hydroxyl groups is 1. The molecule has 1 atom stereocenters. The third-order valence-corrected chi connectivity index (χ3v) is 4.82. The lowest BCUT2D eigenvalue weighted by atomic mass is 10.1. The van der Waals surface area contributed by atoms with Crippen LogP contribution in [0.15, 0.2) is 24.5 Å². The van der Waals surface area contributed by atoms with Gasteiger partial charge in [0.25, 0.3) is 0 Å². The van der Waals surface area contributed by atoms with E-state index >= 15 is 0 Å². The molecule has 0 fully saturated rings. The molecule has 0 aliphatic rings. The summed E-state index contributed by atoms with van der Waals surface area (Å²) in [6.07, 6.45) is 1.77. The quantitative estimate of drug-likeness (QED) is 0.537. The van der Waals surface area contributed by atoms with Crippen molar-refractivity contribution in [3.8, 4) is 0 Å². The van der Waals surface area contributed by atoms with E-state index < -0.39 is 0 Å². The number of nitrogens with zero attached hydrogens (tertiary/aromatic N) is 4. The second-order valence-corrected chi connectivity index (χ2v) is 8.07. The van der Waals surface area contributed by atoms with Gasteiger partial charge in [0.2, 0.25) is 5.95 Å². The number of aryl methyl sites for hydroxylation is 1. The Morgan fingerprint density at radius 2 is 1.89 bits per heavy atom. The zero-order valence-electron chi connectivity index (χ0n) is 16.9. The van der Waals surface area contributed by atoms with Gasteiger partial charge in [0.05, 0.1) is 19.0 Å². The molecule has 0 aliphatic carbocycles. The minimum absolute atomic E-state index is 0.00123. The number of hydrogen-bond donors (Lipinski definition) is 3. The van der Waals surface area contributed by atoms with Crippen molar-refractivity contribution in [2.24, 2.45) is 5.92 Å². The van der Waals surface area contributed by atoms with E-state index in [9.17, 15) is 5.11 Å². The topological polar surface area (TPSA) is 87.9 Å². The van der Waals surface area contributed by atoms with Crippen LogP contribution in [0, 0.1) is 12.8 Å². The van der Waals surface area contributed by atoms with Crippen molar-refractivity contribution in [3.05, 3.63) is 35.1 Å². The molecule has 7 nitrogen and oxygen atoms in total.